The first-order valence-electron chi connectivity index (χ1n) is 6.72. The minimum Gasteiger partial charge on any atom is -0.469 e. The lowest BCUT2D eigenvalue weighted by Gasteiger charge is -2.17. The van der Waals surface area contributed by atoms with Gasteiger partial charge in [-0.25, -0.2) is 0 Å². The van der Waals surface area contributed by atoms with Crippen LogP contribution in [0, 0.1) is 0 Å². The van der Waals surface area contributed by atoms with Gasteiger partial charge in [-0.15, -0.1) is 0 Å². The summed E-state index contributed by atoms with van der Waals surface area (Å²) in [6.07, 6.45) is 4.36. The molecule has 3 nitrogen and oxygen atoms in total. The second-order valence-corrected chi connectivity index (χ2v) is 6.70. The van der Waals surface area contributed by atoms with Crippen LogP contribution in [0.3, 0.4) is 0 Å². The Morgan fingerprint density at radius 1 is 1.32 bits per heavy atom. The van der Waals surface area contributed by atoms with E-state index >= 15 is 0 Å². The molecular formula is C15H20O3S. The maximum absolute atomic E-state index is 12.4. The quantitative estimate of drug-likeness (QED) is 0.779. The van der Waals surface area contributed by atoms with Gasteiger partial charge in [-0.1, -0.05) is 43.2 Å². The number of hydrogen-bond donors (Lipinski definition) is 0. The number of hydrogen-bond acceptors (Lipinski definition) is 3. The first-order chi connectivity index (χ1) is 9.22. The minimum absolute atomic E-state index is 0.260. The summed E-state index contributed by atoms with van der Waals surface area (Å²) in [7, 11) is 0.437. The molecule has 4 heteroatoms. The van der Waals surface area contributed by atoms with E-state index in [1.54, 1.807) is 0 Å². The van der Waals surface area contributed by atoms with Gasteiger partial charge in [0.05, 0.1) is 13.0 Å². The smallest absolute Gasteiger partial charge is 0.314 e. The van der Waals surface area contributed by atoms with Gasteiger partial charge in [0.15, 0.2) is 0 Å². The average molecular weight is 280 g/mol. The number of esters is 1. The van der Waals surface area contributed by atoms with Crippen LogP contribution < -0.4 is 0 Å². The van der Waals surface area contributed by atoms with Gasteiger partial charge < -0.3 is 4.74 Å². The molecule has 0 N–H and O–H groups in total. The fourth-order valence-electron chi connectivity index (χ4n) is 2.58. The molecule has 1 aromatic rings. The number of ether oxygens (including phenoxy) is 1. The Morgan fingerprint density at radius 2 is 1.95 bits per heavy atom. The lowest BCUT2D eigenvalue weighted by molar-refractivity contribution is -0.141. The first kappa shape index (κ1) is 14.3. The molecule has 0 amide bonds. The Labute approximate surface area is 116 Å². The zero-order valence-electron chi connectivity index (χ0n) is 11.2. The van der Waals surface area contributed by atoms with Crippen molar-refractivity contribution >= 4 is 16.8 Å². The summed E-state index contributed by atoms with van der Waals surface area (Å²) < 4.78 is 17.2. The third-order valence-corrected chi connectivity index (χ3v) is 5.57. The van der Waals surface area contributed by atoms with E-state index in [1.807, 2.05) is 30.3 Å². The van der Waals surface area contributed by atoms with E-state index in [0.717, 1.165) is 31.2 Å². The van der Waals surface area contributed by atoms with Gasteiger partial charge in [0.1, 0.15) is 0 Å². The van der Waals surface area contributed by atoms with Crippen molar-refractivity contribution in [1.82, 2.24) is 0 Å². The third kappa shape index (κ3) is 3.66. The van der Waals surface area contributed by atoms with Crippen LogP contribution in [0.25, 0.3) is 0 Å². The van der Waals surface area contributed by atoms with E-state index in [9.17, 15) is 9.00 Å². The summed E-state index contributed by atoms with van der Waals surface area (Å²) in [5.41, 5.74) is 0.890. The van der Waals surface area contributed by atoms with Crippen LogP contribution in [0.2, 0.25) is 0 Å². The summed E-state index contributed by atoms with van der Waals surface area (Å²) in [6, 6.07) is 9.49. The van der Waals surface area contributed by atoms with E-state index in [4.69, 9.17) is 4.74 Å². The number of methoxy groups -OCH3 is 1. The summed E-state index contributed by atoms with van der Waals surface area (Å²) >= 11 is 0. The molecule has 1 aromatic carbocycles. The van der Waals surface area contributed by atoms with Gasteiger partial charge in [-0.3, -0.25) is 9.00 Å². The van der Waals surface area contributed by atoms with Crippen molar-refractivity contribution in [3.8, 4) is 0 Å². The van der Waals surface area contributed by atoms with Gasteiger partial charge in [0.25, 0.3) is 0 Å². The van der Waals surface area contributed by atoms with Crippen molar-refractivity contribution in [2.45, 2.75) is 36.9 Å². The van der Waals surface area contributed by atoms with Crippen LogP contribution in [0.15, 0.2) is 30.3 Å². The van der Waals surface area contributed by atoms with E-state index in [1.165, 1.54) is 7.11 Å². The zero-order valence-corrected chi connectivity index (χ0v) is 12.0. The standard InChI is InChI=1S/C15H20O3S/c1-18-15(16)14(12-7-3-2-4-8-12)11-19(17)13-9-5-6-10-13/h2-4,7-8,13-14H,5-6,9-11H2,1H3. The molecular weight excluding hydrogens is 260 g/mol. The van der Waals surface area contributed by atoms with Gasteiger partial charge >= 0.3 is 5.97 Å². The predicted molar refractivity (Wildman–Crippen MR) is 76.5 cm³/mol. The van der Waals surface area contributed by atoms with Crippen LogP contribution in [-0.4, -0.2) is 28.3 Å². The fourth-order valence-corrected chi connectivity index (χ4v) is 4.37. The zero-order chi connectivity index (χ0) is 13.7. The van der Waals surface area contributed by atoms with Crippen LogP contribution in [-0.2, 0) is 20.3 Å². The van der Waals surface area contributed by atoms with Gasteiger partial charge in [-0.05, 0) is 18.4 Å². The second kappa shape index (κ2) is 6.85. The number of rotatable bonds is 5. The summed E-state index contributed by atoms with van der Waals surface area (Å²) in [5, 5.41) is 0.260. The highest BCUT2D eigenvalue weighted by atomic mass is 32.2. The van der Waals surface area contributed by atoms with Gasteiger partial charge in [0.2, 0.25) is 0 Å². The molecule has 2 unspecified atom stereocenters. The highest BCUT2D eigenvalue weighted by molar-refractivity contribution is 7.85. The second-order valence-electron chi connectivity index (χ2n) is 4.94. The van der Waals surface area contributed by atoms with Crippen molar-refractivity contribution in [1.29, 1.82) is 0 Å². The fraction of sp³-hybridized carbons (Fsp3) is 0.533. The Bertz CT molecular complexity index is 438. The van der Waals surface area contributed by atoms with Crippen molar-refractivity contribution in [2.24, 2.45) is 0 Å². The SMILES string of the molecule is COC(=O)C(CS(=O)C1CCCC1)c1ccccc1. The van der Waals surface area contributed by atoms with Gasteiger partial charge in [-0.2, -0.15) is 0 Å². The third-order valence-electron chi connectivity index (χ3n) is 3.69. The van der Waals surface area contributed by atoms with E-state index < -0.39 is 16.7 Å². The molecule has 1 fully saturated rings. The lowest BCUT2D eigenvalue weighted by Crippen LogP contribution is -2.25. The van der Waals surface area contributed by atoms with Crippen LogP contribution in [0.5, 0.6) is 0 Å². The first-order valence-corrected chi connectivity index (χ1v) is 8.10. The monoisotopic (exact) mass is 280 g/mol. The van der Waals surface area contributed by atoms with Crippen LogP contribution in [0.4, 0.5) is 0 Å². The maximum Gasteiger partial charge on any atom is 0.314 e. The Balaban J connectivity index is 2.10. The maximum atomic E-state index is 12.4. The van der Waals surface area contributed by atoms with E-state index in [0.29, 0.717) is 5.75 Å². The largest absolute Gasteiger partial charge is 0.469 e. The molecule has 19 heavy (non-hydrogen) atoms. The van der Waals surface area contributed by atoms with Crippen molar-refractivity contribution < 1.29 is 13.7 Å². The molecule has 0 aromatic heterocycles. The molecule has 0 radical (unpaired) electrons. The molecule has 0 heterocycles. The van der Waals surface area contributed by atoms with Crippen molar-refractivity contribution in [2.75, 3.05) is 12.9 Å². The van der Waals surface area contributed by atoms with Crippen LogP contribution >= 0.6 is 0 Å². The number of carbonyl (C=O) groups excluding carboxylic acids is 1. The normalized spacial score (nSPS) is 19.0. The number of benzene rings is 1. The van der Waals surface area contributed by atoms with Crippen molar-refractivity contribution in [3.63, 3.8) is 0 Å². The van der Waals surface area contributed by atoms with Crippen molar-refractivity contribution in [3.05, 3.63) is 35.9 Å². The molecule has 1 aliphatic rings. The minimum atomic E-state index is -0.949. The highest BCUT2D eigenvalue weighted by Crippen LogP contribution is 2.26. The topological polar surface area (TPSA) is 43.4 Å². The molecule has 2 rings (SSSR count). The Kier molecular flexibility index (Phi) is 5.14. The van der Waals surface area contributed by atoms with E-state index in [-0.39, 0.29) is 11.2 Å². The highest BCUT2D eigenvalue weighted by Gasteiger charge is 2.28. The number of carbonyl (C=O) groups is 1. The van der Waals surface area contributed by atoms with E-state index in [2.05, 4.69) is 0 Å². The Hall–Kier alpha value is -1.16. The summed E-state index contributed by atoms with van der Waals surface area (Å²) in [5.74, 6) is -0.327. The summed E-state index contributed by atoms with van der Waals surface area (Å²) in [6.45, 7) is 0. The summed E-state index contributed by atoms with van der Waals surface area (Å²) in [4.78, 5) is 11.9. The lowest BCUT2D eigenvalue weighted by atomic mass is 10.0. The predicted octanol–water partition coefficient (Wildman–Crippen LogP) is 2.63. The molecule has 0 spiro atoms. The molecule has 0 saturated heterocycles. The average Bonchev–Trinajstić information content (AvgIpc) is 2.99. The molecule has 2 atom stereocenters. The Morgan fingerprint density at radius 3 is 2.53 bits per heavy atom. The van der Waals surface area contributed by atoms with Crippen LogP contribution in [0.1, 0.15) is 37.2 Å². The molecule has 104 valence electrons. The van der Waals surface area contributed by atoms with Gasteiger partial charge in [0, 0.05) is 21.8 Å². The molecule has 1 aliphatic carbocycles. The molecule has 0 bridgehead atoms. The molecule has 1 saturated carbocycles. The molecule has 0 aliphatic heterocycles.